The maximum atomic E-state index is 13.2. The van der Waals surface area contributed by atoms with Crippen LogP contribution in [0.5, 0.6) is 0 Å². The van der Waals surface area contributed by atoms with Crippen LogP contribution in [0, 0.1) is 17.2 Å². The van der Waals surface area contributed by atoms with Gasteiger partial charge in [0.25, 0.3) is 5.91 Å². The third-order valence-corrected chi connectivity index (χ3v) is 6.17. The van der Waals surface area contributed by atoms with Crippen molar-refractivity contribution in [1.82, 2.24) is 24.8 Å². The number of rotatable bonds is 6. The van der Waals surface area contributed by atoms with Crippen molar-refractivity contribution in [2.45, 2.75) is 38.5 Å². The van der Waals surface area contributed by atoms with Gasteiger partial charge < -0.3 is 20.3 Å². The molecule has 4 rings (SSSR count). The van der Waals surface area contributed by atoms with Crippen molar-refractivity contribution >= 4 is 22.9 Å². The number of aliphatic hydroxyl groups is 1. The molecule has 1 fully saturated rings. The van der Waals surface area contributed by atoms with E-state index in [1.807, 2.05) is 6.07 Å². The second-order valence-corrected chi connectivity index (χ2v) is 8.46. The van der Waals surface area contributed by atoms with Gasteiger partial charge >= 0.3 is 6.18 Å². The van der Waals surface area contributed by atoms with Crippen molar-refractivity contribution in [3.8, 4) is 17.3 Å². The number of nitrogens with one attached hydrogen (secondary N) is 2. The highest BCUT2D eigenvalue weighted by molar-refractivity contribution is 5.94. The minimum Gasteiger partial charge on any atom is -0.383 e. The highest BCUT2D eigenvalue weighted by Crippen LogP contribution is 2.34. The maximum absolute atomic E-state index is 13.2. The lowest BCUT2D eigenvalue weighted by atomic mass is 9.96. The number of hydrogen-bond acceptors (Lipinski definition) is 7. The predicted octanol–water partition coefficient (Wildman–Crippen LogP) is 3.33. The molecule has 1 amide bonds. The summed E-state index contributed by atoms with van der Waals surface area (Å²) in [7, 11) is 0. The number of nitriles is 1. The first-order valence-corrected chi connectivity index (χ1v) is 11.2. The van der Waals surface area contributed by atoms with Gasteiger partial charge in [-0.05, 0) is 31.2 Å². The lowest BCUT2D eigenvalue weighted by molar-refractivity contribution is -0.141. The van der Waals surface area contributed by atoms with Crippen LogP contribution in [0.25, 0.3) is 22.3 Å². The summed E-state index contributed by atoms with van der Waals surface area (Å²) in [6.07, 6.45) is -0.103. The van der Waals surface area contributed by atoms with Crippen molar-refractivity contribution < 1.29 is 23.1 Å². The Morgan fingerprint density at radius 3 is 2.74 bits per heavy atom. The lowest BCUT2D eigenvalue weighted by Gasteiger charge is -2.33. The molecule has 0 bridgehead atoms. The van der Waals surface area contributed by atoms with Crippen LogP contribution in [-0.2, 0) is 11.0 Å². The molecule has 3 aromatic rings. The van der Waals surface area contributed by atoms with Crippen molar-refractivity contribution in [1.29, 1.82) is 5.26 Å². The fourth-order valence-corrected chi connectivity index (χ4v) is 4.09. The summed E-state index contributed by atoms with van der Waals surface area (Å²) < 4.78 is 39.6. The van der Waals surface area contributed by atoms with E-state index >= 15 is 0 Å². The van der Waals surface area contributed by atoms with E-state index in [0.29, 0.717) is 31.6 Å². The SMILES string of the molecule is CC[C@H](O)C(=O)N1CCC(CNc2ncc(C#N)c(-c3c[nH]c4ncc(C(F)(F)F)cc34)n2)CC1. The predicted molar refractivity (Wildman–Crippen MR) is 121 cm³/mol. The molecule has 12 heteroatoms. The highest BCUT2D eigenvalue weighted by Gasteiger charge is 2.32. The van der Waals surface area contributed by atoms with Gasteiger partial charge in [-0.3, -0.25) is 4.79 Å². The topological polar surface area (TPSA) is 131 Å². The van der Waals surface area contributed by atoms with Gasteiger partial charge in [0.05, 0.1) is 23.0 Å². The first-order valence-electron chi connectivity index (χ1n) is 11.2. The Hall–Kier alpha value is -3.72. The Morgan fingerprint density at radius 2 is 2.09 bits per heavy atom. The number of halogens is 3. The van der Waals surface area contributed by atoms with Crippen LogP contribution in [-0.4, -0.2) is 61.6 Å². The lowest BCUT2D eigenvalue weighted by Crippen LogP contribution is -2.44. The van der Waals surface area contributed by atoms with Crippen molar-refractivity contribution in [3.63, 3.8) is 0 Å². The summed E-state index contributed by atoms with van der Waals surface area (Å²) in [5.74, 6) is 0.237. The number of amides is 1. The van der Waals surface area contributed by atoms with E-state index in [1.165, 1.54) is 12.4 Å². The molecular formula is C23H24F3N7O2. The molecule has 0 spiro atoms. The summed E-state index contributed by atoms with van der Waals surface area (Å²) in [5.41, 5.74) is -0.00374. The summed E-state index contributed by atoms with van der Waals surface area (Å²) in [4.78, 5) is 29.1. The number of alkyl halides is 3. The Bertz CT molecular complexity index is 1260. The van der Waals surface area contributed by atoms with Crippen LogP contribution in [0.15, 0.2) is 24.7 Å². The smallest absolute Gasteiger partial charge is 0.383 e. The van der Waals surface area contributed by atoms with Gasteiger partial charge in [-0.2, -0.15) is 18.4 Å². The number of carbonyl (C=O) groups is 1. The molecule has 0 aliphatic carbocycles. The molecule has 0 saturated carbocycles. The fourth-order valence-electron chi connectivity index (χ4n) is 4.09. The molecule has 184 valence electrons. The zero-order chi connectivity index (χ0) is 25.2. The molecule has 4 heterocycles. The summed E-state index contributed by atoms with van der Waals surface area (Å²) >= 11 is 0. The normalized spacial score (nSPS) is 15.7. The average molecular weight is 487 g/mol. The van der Waals surface area contributed by atoms with Gasteiger partial charge in [-0.1, -0.05) is 6.92 Å². The van der Waals surface area contributed by atoms with Gasteiger partial charge in [0.15, 0.2) is 0 Å². The number of pyridine rings is 1. The van der Waals surface area contributed by atoms with Gasteiger partial charge in [0.1, 0.15) is 17.8 Å². The van der Waals surface area contributed by atoms with E-state index in [1.54, 1.807) is 11.8 Å². The monoisotopic (exact) mass is 487 g/mol. The van der Waals surface area contributed by atoms with Crippen molar-refractivity contribution in [2.24, 2.45) is 5.92 Å². The van der Waals surface area contributed by atoms with E-state index in [0.717, 1.165) is 25.1 Å². The quantitative estimate of drug-likeness (QED) is 0.486. The number of H-pyrrole nitrogens is 1. The number of hydrogen-bond donors (Lipinski definition) is 3. The highest BCUT2D eigenvalue weighted by atomic mass is 19.4. The van der Waals surface area contributed by atoms with Crippen LogP contribution in [0.2, 0.25) is 0 Å². The number of nitrogens with zero attached hydrogens (tertiary/aromatic N) is 5. The molecule has 1 aliphatic rings. The van der Waals surface area contributed by atoms with Crippen molar-refractivity contribution in [3.05, 3.63) is 35.8 Å². The first-order chi connectivity index (χ1) is 16.7. The molecular weight excluding hydrogens is 463 g/mol. The molecule has 0 unspecified atom stereocenters. The molecule has 1 saturated heterocycles. The molecule has 3 aromatic heterocycles. The number of aromatic amines is 1. The van der Waals surface area contributed by atoms with Crippen LogP contribution >= 0.6 is 0 Å². The average Bonchev–Trinajstić information content (AvgIpc) is 3.29. The molecule has 3 N–H and O–H groups in total. The Balaban J connectivity index is 1.50. The number of likely N-dealkylation sites (tertiary alicyclic amines) is 1. The summed E-state index contributed by atoms with van der Waals surface area (Å²) in [5, 5.41) is 22.6. The largest absolute Gasteiger partial charge is 0.417 e. The second kappa shape index (κ2) is 9.87. The standard InChI is InChI=1S/C23H24F3N7O2/c1-2-18(34)21(35)33-5-3-13(4-6-33)9-30-22-31-10-14(8-27)19(32-22)17-12-29-20-16(17)7-15(11-28-20)23(24,25)26/h7,10-13,18,34H,2-6,9H2,1H3,(H,28,29)(H,30,31,32)/t18-/m0/s1. The van der Waals surface area contributed by atoms with Crippen molar-refractivity contribution in [2.75, 3.05) is 25.0 Å². The van der Waals surface area contributed by atoms with E-state index in [2.05, 4.69) is 25.3 Å². The Kier molecular flexibility index (Phi) is 6.88. The fraction of sp³-hybridized carbons (Fsp3) is 0.435. The van der Waals surface area contributed by atoms with Gasteiger partial charge in [0, 0.05) is 43.0 Å². The summed E-state index contributed by atoms with van der Waals surface area (Å²) in [6, 6.07) is 2.97. The molecule has 9 nitrogen and oxygen atoms in total. The van der Waals surface area contributed by atoms with E-state index < -0.39 is 17.8 Å². The van der Waals surface area contributed by atoms with Crippen LogP contribution < -0.4 is 5.32 Å². The molecule has 1 aliphatic heterocycles. The number of aliphatic hydroxyl groups excluding tert-OH is 1. The number of piperidine rings is 1. The van der Waals surface area contributed by atoms with Gasteiger partial charge in [-0.15, -0.1) is 0 Å². The molecule has 35 heavy (non-hydrogen) atoms. The van der Waals surface area contributed by atoms with Crippen LogP contribution in [0.4, 0.5) is 19.1 Å². The van der Waals surface area contributed by atoms with Gasteiger partial charge in [0.2, 0.25) is 5.95 Å². The van der Waals surface area contributed by atoms with Crippen LogP contribution in [0.3, 0.4) is 0 Å². The minimum atomic E-state index is -4.55. The number of carbonyl (C=O) groups excluding carboxylic acids is 1. The zero-order valence-corrected chi connectivity index (χ0v) is 18.9. The Labute approximate surface area is 199 Å². The number of fused-ring (bicyclic) bond motifs is 1. The maximum Gasteiger partial charge on any atom is 0.417 e. The van der Waals surface area contributed by atoms with E-state index in [4.69, 9.17) is 0 Å². The molecule has 1 atom stereocenters. The third-order valence-electron chi connectivity index (χ3n) is 6.17. The van der Waals surface area contributed by atoms with E-state index in [-0.39, 0.29) is 40.1 Å². The molecule has 0 radical (unpaired) electrons. The zero-order valence-electron chi connectivity index (χ0n) is 18.9. The second-order valence-electron chi connectivity index (χ2n) is 8.46. The first kappa shape index (κ1) is 24.4. The number of aromatic nitrogens is 4. The number of anilines is 1. The molecule has 0 aromatic carbocycles. The third kappa shape index (κ3) is 5.19. The van der Waals surface area contributed by atoms with Crippen LogP contribution in [0.1, 0.15) is 37.3 Å². The minimum absolute atomic E-state index is 0.121. The summed E-state index contributed by atoms with van der Waals surface area (Å²) in [6.45, 7) is 3.38. The van der Waals surface area contributed by atoms with E-state index in [9.17, 15) is 28.3 Å². The Morgan fingerprint density at radius 1 is 1.34 bits per heavy atom. The van der Waals surface area contributed by atoms with Gasteiger partial charge in [-0.25, -0.2) is 15.0 Å².